The van der Waals surface area contributed by atoms with E-state index in [0.717, 1.165) is 31.7 Å². The molecule has 2 unspecified atom stereocenters. The summed E-state index contributed by atoms with van der Waals surface area (Å²) in [5.74, 6) is 1.82. The summed E-state index contributed by atoms with van der Waals surface area (Å²) < 4.78 is 0. The zero-order chi connectivity index (χ0) is 13.2. The molecule has 5 heteroatoms. The first kappa shape index (κ1) is 15.7. The molecule has 2 heterocycles. The number of nitrogens with two attached hydrogens (primary N) is 1. The van der Waals surface area contributed by atoms with Gasteiger partial charge in [-0.3, -0.25) is 4.79 Å². The van der Waals surface area contributed by atoms with E-state index in [1.54, 1.807) is 11.8 Å². The van der Waals surface area contributed by atoms with Crippen molar-refractivity contribution >= 4 is 30.1 Å². The summed E-state index contributed by atoms with van der Waals surface area (Å²) >= 11 is 1.79. The Morgan fingerprint density at radius 3 is 2.95 bits per heavy atom. The lowest BCUT2D eigenvalue weighted by Crippen LogP contribution is -2.34. The number of thioether (sulfide) groups is 1. The van der Waals surface area contributed by atoms with Gasteiger partial charge in [0.2, 0.25) is 5.91 Å². The summed E-state index contributed by atoms with van der Waals surface area (Å²) in [7, 11) is 0. The van der Waals surface area contributed by atoms with Crippen molar-refractivity contribution in [3.8, 4) is 0 Å². The van der Waals surface area contributed by atoms with Gasteiger partial charge in [0.25, 0.3) is 0 Å². The molecule has 0 aliphatic carbocycles. The number of rotatable bonds is 2. The number of fused-ring (bicyclic) bond motifs is 1. The normalized spacial score (nSPS) is 24.9. The van der Waals surface area contributed by atoms with Crippen LogP contribution < -0.4 is 5.73 Å². The van der Waals surface area contributed by atoms with Crippen LogP contribution in [0.4, 0.5) is 0 Å². The first-order valence-corrected chi connectivity index (χ1v) is 8.02. The molecule has 1 aromatic carbocycles. The Morgan fingerprint density at radius 2 is 2.20 bits per heavy atom. The second kappa shape index (κ2) is 6.83. The molecule has 3 nitrogen and oxygen atoms in total. The van der Waals surface area contributed by atoms with Crippen molar-refractivity contribution in [2.45, 2.75) is 18.1 Å². The predicted molar refractivity (Wildman–Crippen MR) is 86.3 cm³/mol. The number of hydrogen-bond acceptors (Lipinski definition) is 3. The van der Waals surface area contributed by atoms with Gasteiger partial charge in [-0.15, -0.1) is 24.2 Å². The quantitative estimate of drug-likeness (QED) is 0.911. The second-order valence-electron chi connectivity index (χ2n) is 5.37. The number of carbonyl (C=O) groups excluding carboxylic acids is 1. The van der Waals surface area contributed by atoms with Crippen LogP contribution in [-0.4, -0.2) is 36.2 Å². The van der Waals surface area contributed by atoms with Gasteiger partial charge in [-0.1, -0.05) is 24.3 Å². The Balaban J connectivity index is 0.00000147. The van der Waals surface area contributed by atoms with Crippen molar-refractivity contribution in [1.82, 2.24) is 4.90 Å². The minimum absolute atomic E-state index is 0. The molecule has 2 atom stereocenters. The molecule has 0 aromatic heterocycles. The van der Waals surface area contributed by atoms with Crippen LogP contribution in [0.5, 0.6) is 0 Å². The van der Waals surface area contributed by atoms with E-state index in [-0.39, 0.29) is 23.6 Å². The van der Waals surface area contributed by atoms with Crippen LogP contribution >= 0.6 is 24.2 Å². The molecule has 1 fully saturated rings. The number of aryl methyl sites for hydroxylation is 1. The number of hydrogen-bond donors (Lipinski definition) is 1. The lowest BCUT2D eigenvalue weighted by molar-refractivity contribution is -0.129. The average molecular weight is 313 g/mol. The van der Waals surface area contributed by atoms with Crippen LogP contribution in [0, 0.1) is 5.92 Å². The minimum Gasteiger partial charge on any atom is -0.341 e. The summed E-state index contributed by atoms with van der Waals surface area (Å²) in [6, 6.07) is 8.37. The predicted octanol–water partition coefficient (Wildman–Crippen LogP) is 2.25. The molecule has 0 bridgehead atoms. The van der Waals surface area contributed by atoms with Crippen LogP contribution in [0.25, 0.3) is 0 Å². The van der Waals surface area contributed by atoms with Gasteiger partial charge < -0.3 is 10.6 Å². The van der Waals surface area contributed by atoms with Gasteiger partial charge >= 0.3 is 0 Å². The largest absolute Gasteiger partial charge is 0.341 e. The molecule has 2 aliphatic rings. The minimum atomic E-state index is 0. The van der Waals surface area contributed by atoms with E-state index in [1.165, 1.54) is 11.1 Å². The van der Waals surface area contributed by atoms with Crippen molar-refractivity contribution in [2.75, 3.05) is 25.4 Å². The zero-order valence-electron chi connectivity index (χ0n) is 11.5. The van der Waals surface area contributed by atoms with Crippen LogP contribution in [0.3, 0.4) is 0 Å². The van der Waals surface area contributed by atoms with Gasteiger partial charge in [-0.2, -0.15) is 0 Å². The maximum Gasteiger partial charge on any atom is 0.240 e. The van der Waals surface area contributed by atoms with E-state index in [0.29, 0.717) is 12.5 Å². The van der Waals surface area contributed by atoms with Crippen molar-refractivity contribution < 1.29 is 4.79 Å². The SMILES string of the molecule is Cl.NCC1CCN(C(=O)C2SCCc3ccccc32)C1. The fourth-order valence-electron chi connectivity index (χ4n) is 2.99. The number of halogens is 1. The molecule has 1 saturated heterocycles. The molecular formula is C15H21ClN2OS. The van der Waals surface area contributed by atoms with Gasteiger partial charge in [0.15, 0.2) is 0 Å². The Labute approximate surface area is 130 Å². The van der Waals surface area contributed by atoms with Crippen molar-refractivity contribution in [1.29, 1.82) is 0 Å². The van der Waals surface area contributed by atoms with Crippen molar-refractivity contribution in [2.24, 2.45) is 11.7 Å². The third kappa shape index (κ3) is 2.97. The van der Waals surface area contributed by atoms with Crippen molar-refractivity contribution in [3.63, 3.8) is 0 Å². The van der Waals surface area contributed by atoms with Crippen LogP contribution in [-0.2, 0) is 11.2 Å². The highest BCUT2D eigenvalue weighted by molar-refractivity contribution is 8.00. The molecule has 0 saturated carbocycles. The Morgan fingerprint density at radius 1 is 1.40 bits per heavy atom. The number of benzene rings is 1. The van der Waals surface area contributed by atoms with E-state index in [9.17, 15) is 4.79 Å². The Hall–Kier alpha value is -0.710. The first-order valence-electron chi connectivity index (χ1n) is 6.98. The summed E-state index contributed by atoms with van der Waals surface area (Å²) in [4.78, 5) is 14.7. The molecule has 20 heavy (non-hydrogen) atoms. The van der Waals surface area contributed by atoms with E-state index in [2.05, 4.69) is 18.2 Å². The molecule has 2 N–H and O–H groups in total. The zero-order valence-corrected chi connectivity index (χ0v) is 13.1. The van der Waals surface area contributed by atoms with Gasteiger partial charge in [0.1, 0.15) is 5.25 Å². The van der Waals surface area contributed by atoms with E-state index >= 15 is 0 Å². The summed E-state index contributed by atoms with van der Waals surface area (Å²) in [5.41, 5.74) is 8.27. The van der Waals surface area contributed by atoms with Crippen LogP contribution in [0.1, 0.15) is 22.8 Å². The van der Waals surface area contributed by atoms with Gasteiger partial charge in [0.05, 0.1) is 0 Å². The molecule has 2 aliphatic heterocycles. The summed E-state index contributed by atoms with van der Waals surface area (Å²) in [5, 5.41) is 0.00137. The molecule has 0 spiro atoms. The van der Waals surface area contributed by atoms with Gasteiger partial charge in [-0.05, 0) is 42.2 Å². The van der Waals surface area contributed by atoms with Crippen molar-refractivity contribution in [3.05, 3.63) is 35.4 Å². The monoisotopic (exact) mass is 312 g/mol. The number of likely N-dealkylation sites (tertiary alicyclic amines) is 1. The highest BCUT2D eigenvalue weighted by Crippen LogP contribution is 2.38. The smallest absolute Gasteiger partial charge is 0.240 e. The molecule has 3 rings (SSSR count). The first-order chi connectivity index (χ1) is 9.29. The maximum atomic E-state index is 12.7. The summed E-state index contributed by atoms with van der Waals surface area (Å²) in [6.07, 6.45) is 2.14. The number of carbonyl (C=O) groups is 1. The third-order valence-electron chi connectivity index (χ3n) is 4.15. The molecule has 1 amide bonds. The molecule has 110 valence electrons. The van der Waals surface area contributed by atoms with E-state index in [4.69, 9.17) is 5.73 Å². The molecule has 1 aromatic rings. The van der Waals surface area contributed by atoms with Crippen LogP contribution in [0.2, 0.25) is 0 Å². The molecular weight excluding hydrogens is 292 g/mol. The highest BCUT2D eigenvalue weighted by Gasteiger charge is 2.33. The average Bonchev–Trinajstić information content (AvgIpc) is 2.95. The Bertz CT molecular complexity index is 483. The fourth-order valence-corrected chi connectivity index (χ4v) is 4.26. The lowest BCUT2D eigenvalue weighted by atomic mass is 10.0. The third-order valence-corrected chi connectivity index (χ3v) is 5.38. The highest BCUT2D eigenvalue weighted by atomic mass is 35.5. The second-order valence-corrected chi connectivity index (χ2v) is 6.59. The van der Waals surface area contributed by atoms with Gasteiger partial charge in [0, 0.05) is 13.1 Å². The summed E-state index contributed by atoms with van der Waals surface area (Å²) in [6.45, 7) is 2.41. The topological polar surface area (TPSA) is 46.3 Å². The van der Waals surface area contributed by atoms with Crippen LogP contribution in [0.15, 0.2) is 24.3 Å². The fraction of sp³-hybridized carbons (Fsp3) is 0.533. The van der Waals surface area contributed by atoms with Gasteiger partial charge in [-0.25, -0.2) is 0 Å². The van der Waals surface area contributed by atoms with E-state index in [1.807, 2.05) is 11.0 Å². The number of amides is 1. The van der Waals surface area contributed by atoms with E-state index < -0.39 is 0 Å². The maximum absolute atomic E-state index is 12.7. The Kier molecular flexibility index (Phi) is 5.35. The number of nitrogens with zero attached hydrogens (tertiary/aromatic N) is 1. The standard InChI is InChI=1S/C15H20N2OS.ClH/c16-9-11-5-7-17(10-11)15(18)14-13-4-2-1-3-12(13)6-8-19-14;/h1-4,11,14H,5-10,16H2;1H. The molecule has 0 radical (unpaired) electrons. The lowest BCUT2D eigenvalue weighted by Gasteiger charge is -2.28.